The fourth-order valence-electron chi connectivity index (χ4n) is 3.84. The lowest BCUT2D eigenvalue weighted by Gasteiger charge is -2.36. The Bertz CT molecular complexity index is 286. The van der Waals surface area contributed by atoms with Crippen molar-refractivity contribution in [1.29, 1.82) is 0 Å². The molecule has 0 bridgehead atoms. The number of carbonyl (C=O) groups is 1. The molecule has 18 heavy (non-hydrogen) atoms. The van der Waals surface area contributed by atoms with E-state index in [1.54, 1.807) is 0 Å². The summed E-state index contributed by atoms with van der Waals surface area (Å²) in [6.07, 6.45) is 8.19. The molecule has 3 heteroatoms. The van der Waals surface area contributed by atoms with Gasteiger partial charge in [0.25, 0.3) is 0 Å². The summed E-state index contributed by atoms with van der Waals surface area (Å²) in [4.78, 5) is 14.3. The summed E-state index contributed by atoms with van der Waals surface area (Å²) in [7, 11) is 1.49. The van der Waals surface area contributed by atoms with E-state index in [0.717, 1.165) is 18.5 Å². The smallest absolute Gasteiger partial charge is 0.309 e. The Morgan fingerprint density at radius 1 is 1.17 bits per heavy atom. The summed E-state index contributed by atoms with van der Waals surface area (Å²) in [5.74, 6) is 0.788. The van der Waals surface area contributed by atoms with Gasteiger partial charge in [-0.1, -0.05) is 19.8 Å². The third-order valence-corrected chi connectivity index (χ3v) is 5.11. The maximum atomic E-state index is 11.7. The first-order valence-corrected chi connectivity index (χ1v) is 7.48. The van der Waals surface area contributed by atoms with E-state index in [1.165, 1.54) is 45.6 Å². The highest BCUT2D eigenvalue weighted by atomic mass is 16.5. The normalized spacial score (nSPS) is 29.4. The fraction of sp³-hybridized carbons (Fsp3) is 0.933. The topological polar surface area (TPSA) is 29.5 Å². The van der Waals surface area contributed by atoms with Gasteiger partial charge in [0.2, 0.25) is 0 Å². The molecular weight excluding hydrogens is 226 g/mol. The highest BCUT2D eigenvalue weighted by molar-refractivity contribution is 5.72. The van der Waals surface area contributed by atoms with E-state index in [2.05, 4.69) is 11.8 Å². The van der Waals surface area contributed by atoms with Crippen molar-refractivity contribution in [2.45, 2.75) is 64.5 Å². The van der Waals surface area contributed by atoms with E-state index in [-0.39, 0.29) is 11.9 Å². The molecule has 0 aromatic carbocycles. The van der Waals surface area contributed by atoms with Gasteiger partial charge in [0.1, 0.15) is 0 Å². The number of likely N-dealkylation sites (tertiary alicyclic amines) is 1. The quantitative estimate of drug-likeness (QED) is 0.722. The van der Waals surface area contributed by atoms with Gasteiger partial charge >= 0.3 is 5.97 Å². The average molecular weight is 253 g/mol. The maximum Gasteiger partial charge on any atom is 0.309 e. The summed E-state index contributed by atoms with van der Waals surface area (Å²) in [5.41, 5.74) is 0. The monoisotopic (exact) mass is 253 g/mol. The molecule has 1 heterocycles. The van der Waals surface area contributed by atoms with Gasteiger partial charge in [-0.2, -0.15) is 0 Å². The van der Waals surface area contributed by atoms with Crippen molar-refractivity contribution in [1.82, 2.24) is 4.90 Å². The van der Waals surface area contributed by atoms with Crippen LogP contribution >= 0.6 is 0 Å². The minimum Gasteiger partial charge on any atom is -0.469 e. The average Bonchev–Trinajstić information content (AvgIpc) is 3.05. The largest absolute Gasteiger partial charge is 0.469 e. The van der Waals surface area contributed by atoms with Crippen LogP contribution in [-0.2, 0) is 9.53 Å². The van der Waals surface area contributed by atoms with Crippen molar-refractivity contribution in [3.63, 3.8) is 0 Å². The van der Waals surface area contributed by atoms with Gasteiger partial charge in [-0.3, -0.25) is 9.69 Å². The van der Waals surface area contributed by atoms with Crippen molar-refractivity contribution >= 4 is 5.97 Å². The fourth-order valence-corrected chi connectivity index (χ4v) is 3.84. The predicted octanol–water partition coefficient (Wildman–Crippen LogP) is 2.84. The number of methoxy groups -OCH3 is 1. The van der Waals surface area contributed by atoms with Crippen LogP contribution < -0.4 is 0 Å². The van der Waals surface area contributed by atoms with Crippen molar-refractivity contribution in [2.24, 2.45) is 11.8 Å². The Labute approximate surface area is 111 Å². The zero-order valence-corrected chi connectivity index (χ0v) is 12.0. The number of nitrogens with zero attached hydrogens (tertiary/aromatic N) is 1. The first-order valence-electron chi connectivity index (χ1n) is 7.48. The highest BCUT2D eigenvalue weighted by Gasteiger charge is 2.38. The molecule has 1 aliphatic carbocycles. The molecule has 3 nitrogen and oxygen atoms in total. The van der Waals surface area contributed by atoms with Gasteiger partial charge in [-0.05, 0) is 45.1 Å². The molecule has 1 aliphatic heterocycles. The lowest BCUT2D eigenvalue weighted by Crippen LogP contribution is -2.45. The molecule has 3 unspecified atom stereocenters. The SMILES string of the molecule is COC(=O)C(C)C(C)N1CCCC1C1CCCC1. The third-order valence-electron chi connectivity index (χ3n) is 5.11. The summed E-state index contributed by atoms with van der Waals surface area (Å²) < 4.78 is 4.89. The van der Waals surface area contributed by atoms with E-state index in [1.807, 2.05) is 6.92 Å². The first-order chi connectivity index (χ1) is 8.65. The zero-order valence-electron chi connectivity index (χ0n) is 12.0. The predicted molar refractivity (Wildman–Crippen MR) is 72.3 cm³/mol. The molecule has 0 amide bonds. The summed E-state index contributed by atoms with van der Waals surface area (Å²) in [6, 6.07) is 1.03. The molecule has 0 N–H and O–H groups in total. The number of carbonyl (C=O) groups excluding carboxylic acids is 1. The van der Waals surface area contributed by atoms with E-state index in [0.29, 0.717) is 6.04 Å². The van der Waals surface area contributed by atoms with Crippen molar-refractivity contribution < 1.29 is 9.53 Å². The molecule has 0 radical (unpaired) electrons. The molecular formula is C15H27NO2. The maximum absolute atomic E-state index is 11.7. The van der Waals surface area contributed by atoms with Crippen LogP contribution in [0.5, 0.6) is 0 Å². The zero-order chi connectivity index (χ0) is 13.1. The van der Waals surface area contributed by atoms with Crippen LogP contribution in [0.25, 0.3) is 0 Å². The molecule has 2 fully saturated rings. The second kappa shape index (κ2) is 6.05. The van der Waals surface area contributed by atoms with Crippen LogP contribution in [0.4, 0.5) is 0 Å². The Balaban J connectivity index is 1.99. The van der Waals surface area contributed by atoms with Gasteiger partial charge in [0.15, 0.2) is 0 Å². The van der Waals surface area contributed by atoms with Gasteiger partial charge in [-0.15, -0.1) is 0 Å². The Morgan fingerprint density at radius 3 is 2.44 bits per heavy atom. The van der Waals surface area contributed by atoms with Crippen LogP contribution in [0.1, 0.15) is 52.4 Å². The lowest BCUT2D eigenvalue weighted by atomic mass is 9.93. The number of rotatable bonds is 4. The number of esters is 1. The van der Waals surface area contributed by atoms with Crippen molar-refractivity contribution in [3.05, 3.63) is 0 Å². The van der Waals surface area contributed by atoms with Gasteiger partial charge in [0, 0.05) is 12.1 Å². The van der Waals surface area contributed by atoms with Gasteiger partial charge in [0.05, 0.1) is 13.0 Å². The lowest BCUT2D eigenvalue weighted by molar-refractivity contribution is -0.147. The first kappa shape index (κ1) is 13.9. The Hall–Kier alpha value is -0.570. The van der Waals surface area contributed by atoms with Crippen molar-refractivity contribution in [2.75, 3.05) is 13.7 Å². The summed E-state index contributed by atoms with van der Waals surface area (Å²) in [6.45, 7) is 5.35. The molecule has 2 aliphatic rings. The van der Waals surface area contributed by atoms with Gasteiger partial charge in [-0.25, -0.2) is 0 Å². The molecule has 2 rings (SSSR count). The third kappa shape index (κ3) is 2.71. The van der Waals surface area contributed by atoms with Crippen LogP contribution in [0.3, 0.4) is 0 Å². The Morgan fingerprint density at radius 2 is 1.83 bits per heavy atom. The summed E-state index contributed by atoms with van der Waals surface area (Å²) >= 11 is 0. The Kier molecular flexibility index (Phi) is 4.66. The molecule has 0 aromatic rings. The molecule has 1 saturated heterocycles. The van der Waals surface area contributed by atoms with E-state index < -0.39 is 0 Å². The van der Waals surface area contributed by atoms with E-state index >= 15 is 0 Å². The van der Waals surface area contributed by atoms with Gasteiger partial charge < -0.3 is 4.74 Å². The number of hydrogen-bond acceptors (Lipinski definition) is 3. The number of ether oxygens (including phenoxy) is 1. The molecule has 0 aromatic heterocycles. The second-order valence-corrected chi connectivity index (χ2v) is 6.04. The molecule has 104 valence electrons. The second-order valence-electron chi connectivity index (χ2n) is 6.04. The van der Waals surface area contributed by atoms with E-state index in [4.69, 9.17) is 4.74 Å². The minimum atomic E-state index is -0.0698. The van der Waals surface area contributed by atoms with Crippen LogP contribution in [0.2, 0.25) is 0 Å². The molecule has 3 atom stereocenters. The standard InChI is InChI=1S/C15H27NO2/c1-11(15(17)18-3)12(2)16-10-6-9-14(16)13-7-4-5-8-13/h11-14H,4-10H2,1-3H3. The molecule has 1 saturated carbocycles. The summed E-state index contributed by atoms with van der Waals surface area (Å²) in [5, 5.41) is 0. The van der Waals surface area contributed by atoms with Crippen LogP contribution in [0, 0.1) is 11.8 Å². The van der Waals surface area contributed by atoms with Crippen LogP contribution in [-0.4, -0.2) is 36.6 Å². The van der Waals surface area contributed by atoms with E-state index in [9.17, 15) is 4.79 Å². The van der Waals surface area contributed by atoms with Crippen LogP contribution in [0.15, 0.2) is 0 Å². The number of hydrogen-bond donors (Lipinski definition) is 0. The van der Waals surface area contributed by atoms with Crippen molar-refractivity contribution in [3.8, 4) is 0 Å². The highest BCUT2D eigenvalue weighted by Crippen LogP contribution is 2.37. The minimum absolute atomic E-state index is 0.0167. The molecule has 0 spiro atoms.